The molecule has 4 nitrogen and oxygen atoms in total. The smallest absolute Gasteiger partial charge is 0.387 e. The zero-order valence-electron chi connectivity index (χ0n) is 10.3. The van der Waals surface area contributed by atoms with Crippen molar-refractivity contribution in [2.45, 2.75) is 32.0 Å². The van der Waals surface area contributed by atoms with Gasteiger partial charge in [-0.15, -0.1) is 0 Å². The number of carboxylic acids is 1. The minimum atomic E-state index is -2.83. The largest absolute Gasteiger partial charge is 0.480 e. The summed E-state index contributed by atoms with van der Waals surface area (Å²) >= 11 is 0. The van der Waals surface area contributed by atoms with E-state index in [0.29, 0.717) is 13.0 Å². The van der Waals surface area contributed by atoms with Crippen LogP contribution in [0.3, 0.4) is 0 Å². The van der Waals surface area contributed by atoms with Crippen molar-refractivity contribution < 1.29 is 23.4 Å². The molecule has 1 saturated heterocycles. The number of alkyl halides is 2. The van der Waals surface area contributed by atoms with Crippen LogP contribution in [0.15, 0.2) is 24.3 Å². The summed E-state index contributed by atoms with van der Waals surface area (Å²) in [6.45, 7) is -1.58. The molecule has 0 bridgehead atoms. The third kappa shape index (κ3) is 3.64. The fourth-order valence-corrected chi connectivity index (χ4v) is 2.31. The Labute approximate surface area is 109 Å². The number of aliphatic carboxylic acids is 1. The molecule has 1 heterocycles. The second-order valence-corrected chi connectivity index (χ2v) is 4.49. The number of ether oxygens (including phenoxy) is 1. The van der Waals surface area contributed by atoms with Crippen LogP contribution in [-0.2, 0) is 11.3 Å². The Bertz CT molecular complexity index is 436. The van der Waals surface area contributed by atoms with Crippen LogP contribution in [0.4, 0.5) is 8.78 Å². The Morgan fingerprint density at radius 3 is 2.68 bits per heavy atom. The van der Waals surface area contributed by atoms with Crippen LogP contribution in [0.25, 0.3) is 0 Å². The third-order valence-corrected chi connectivity index (χ3v) is 3.18. The number of carbonyl (C=O) groups is 1. The number of carboxylic acid groups (broad SMARTS) is 1. The summed E-state index contributed by atoms with van der Waals surface area (Å²) in [5, 5.41) is 9.06. The first kappa shape index (κ1) is 13.7. The number of benzene rings is 1. The van der Waals surface area contributed by atoms with Crippen molar-refractivity contribution >= 4 is 5.97 Å². The van der Waals surface area contributed by atoms with E-state index in [9.17, 15) is 13.6 Å². The SMILES string of the molecule is O=C(O)C1CCCN1Cc1ccc(OC(F)F)cc1. The van der Waals surface area contributed by atoms with E-state index in [4.69, 9.17) is 5.11 Å². The highest BCUT2D eigenvalue weighted by Crippen LogP contribution is 2.22. The lowest BCUT2D eigenvalue weighted by atomic mass is 10.2. The molecule has 1 fully saturated rings. The van der Waals surface area contributed by atoms with Gasteiger partial charge in [-0.2, -0.15) is 8.78 Å². The standard InChI is InChI=1S/C13H15F2NO3/c14-13(15)19-10-5-3-9(4-6-10)8-16-7-1-2-11(16)12(17)18/h3-6,11,13H,1-2,7-8H2,(H,17,18). The minimum Gasteiger partial charge on any atom is -0.480 e. The molecule has 1 aliphatic heterocycles. The lowest BCUT2D eigenvalue weighted by Gasteiger charge is -2.21. The number of halogens is 2. The van der Waals surface area contributed by atoms with Gasteiger partial charge < -0.3 is 9.84 Å². The first-order valence-corrected chi connectivity index (χ1v) is 6.07. The highest BCUT2D eigenvalue weighted by atomic mass is 19.3. The molecule has 19 heavy (non-hydrogen) atoms. The van der Waals surface area contributed by atoms with E-state index < -0.39 is 18.6 Å². The van der Waals surface area contributed by atoms with Gasteiger partial charge in [-0.1, -0.05) is 12.1 Å². The lowest BCUT2D eigenvalue weighted by Crippen LogP contribution is -2.35. The minimum absolute atomic E-state index is 0.106. The van der Waals surface area contributed by atoms with Gasteiger partial charge in [0.2, 0.25) is 0 Å². The number of rotatable bonds is 5. The normalized spacial score (nSPS) is 19.8. The van der Waals surface area contributed by atoms with Crippen LogP contribution in [0.2, 0.25) is 0 Å². The molecule has 104 valence electrons. The van der Waals surface area contributed by atoms with E-state index >= 15 is 0 Å². The Morgan fingerprint density at radius 1 is 1.42 bits per heavy atom. The molecule has 6 heteroatoms. The number of nitrogens with zero attached hydrogens (tertiary/aromatic N) is 1. The van der Waals surface area contributed by atoms with Gasteiger partial charge in [0.15, 0.2) is 0 Å². The maximum absolute atomic E-state index is 12.0. The summed E-state index contributed by atoms with van der Waals surface area (Å²) in [4.78, 5) is 12.9. The zero-order chi connectivity index (χ0) is 13.8. The molecule has 1 aromatic rings. The molecule has 0 spiro atoms. The summed E-state index contributed by atoms with van der Waals surface area (Å²) in [5.74, 6) is -0.704. The fraction of sp³-hybridized carbons (Fsp3) is 0.462. The molecular weight excluding hydrogens is 256 g/mol. The summed E-state index contributed by atoms with van der Waals surface area (Å²) in [5.41, 5.74) is 0.884. The van der Waals surface area contributed by atoms with E-state index in [-0.39, 0.29) is 5.75 Å². The van der Waals surface area contributed by atoms with Gasteiger partial charge >= 0.3 is 12.6 Å². The van der Waals surface area contributed by atoms with Crippen LogP contribution < -0.4 is 4.74 Å². The van der Waals surface area contributed by atoms with Gasteiger partial charge in [0.05, 0.1) is 0 Å². The molecule has 0 aliphatic carbocycles. The van der Waals surface area contributed by atoms with E-state index in [1.165, 1.54) is 12.1 Å². The molecule has 1 aromatic carbocycles. The van der Waals surface area contributed by atoms with Crippen LogP contribution in [-0.4, -0.2) is 35.2 Å². The van der Waals surface area contributed by atoms with Gasteiger partial charge in [0.1, 0.15) is 11.8 Å². The molecule has 1 unspecified atom stereocenters. The van der Waals surface area contributed by atoms with Crippen molar-refractivity contribution in [1.29, 1.82) is 0 Å². The first-order valence-electron chi connectivity index (χ1n) is 6.07. The number of hydrogen-bond acceptors (Lipinski definition) is 3. The molecular formula is C13H15F2NO3. The highest BCUT2D eigenvalue weighted by Gasteiger charge is 2.30. The average molecular weight is 271 g/mol. The first-order chi connectivity index (χ1) is 9.06. The maximum atomic E-state index is 12.0. The van der Waals surface area contributed by atoms with Crippen molar-refractivity contribution in [2.75, 3.05) is 6.54 Å². The molecule has 0 aromatic heterocycles. The number of likely N-dealkylation sites (tertiary alicyclic amines) is 1. The summed E-state index contributed by atoms with van der Waals surface area (Å²) in [6, 6.07) is 5.84. The molecule has 1 atom stereocenters. The molecule has 0 radical (unpaired) electrons. The van der Waals surface area contributed by atoms with Gasteiger partial charge in [-0.25, -0.2) is 0 Å². The molecule has 0 saturated carbocycles. The van der Waals surface area contributed by atoms with Crippen LogP contribution in [0, 0.1) is 0 Å². The second kappa shape index (κ2) is 5.97. The molecule has 0 amide bonds. The monoisotopic (exact) mass is 271 g/mol. The Morgan fingerprint density at radius 2 is 2.11 bits per heavy atom. The average Bonchev–Trinajstić information content (AvgIpc) is 2.79. The van der Waals surface area contributed by atoms with Crippen molar-refractivity contribution in [3.05, 3.63) is 29.8 Å². The summed E-state index contributed by atoms with van der Waals surface area (Å²) in [6.07, 6.45) is 1.52. The van der Waals surface area contributed by atoms with Gasteiger partial charge in [-0.05, 0) is 37.1 Å². The Balaban J connectivity index is 1.97. The van der Waals surface area contributed by atoms with Gasteiger partial charge in [0.25, 0.3) is 0 Å². The quantitative estimate of drug-likeness (QED) is 0.893. The van der Waals surface area contributed by atoms with E-state index in [1.54, 1.807) is 12.1 Å². The number of hydrogen-bond donors (Lipinski definition) is 1. The Hall–Kier alpha value is -1.69. The highest BCUT2D eigenvalue weighted by molar-refractivity contribution is 5.73. The third-order valence-electron chi connectivity index (χ3n) is 3.18. The topological polar surface area (TPSA) is 49.8 Å². The maximum Gasteiger partial charge on any atom is 0.387 e. The predicted octanol–water partition coefficient (Wildman–Crippen LogP) is 2.34. The van der Waals surface area contributed by atoms with Crippen molar-refractivity contribution in [1.82, 2.24) is 4.90 Å². The predicted molar refractivity (Wildman–Crippen MR) is 64.1 cm³/mol. The van der Waals surface area contributed by atoms with E-state index in [0.717, 1.165) is 18.5 Å². The second-order valence-electron chi connectivity index (χ2n) is 4.49. The van der Waals surface area contributed by atoms with E-state index in [1.807, 2.05) is 4.90 Å². The van der Waals surface area contributed by atoms with Crippen molar-refractivity contribution in [3.8, 4) is 5.75 Å². The van der Waals surface area contributed by atoms with Crippen LogP contribution in [0.5, 0.6) is 5.75 Å². The Kier molecular flexibility index (Phi) is 4.31. The summed E-state index contributed by atoms with van der Waals surface area (Å²) < 4.78 is 28.2. The zero-order valence-corrected chi connectivity index (χ0v) is 10.3. The molecule has 2 rings (SSSR count). The molecule has 1 N–H and O–H groups in total. The van der Waals surface area contributed by atoms with Crippen LogP contribution >= 0.6 is 0 Å². The van der Waals surface area contributed by atoms with E-state index in [2.05, 4.69) is 4.74 Å². The fourth-order valence-electron chi connectivity index (χ4n) is 2.31. The molecule has 1 aliphatic rings. The van der Waals surface area contributed by atoms with Crippen molar-refractivity contribution in [2.24, 2.45) is 0 Å². The lowest BCUT2D eigenvalue weighted by molar-refractivity contribution is -0.142. The van der Waals surface area contributed by atoms with Gasteiger partial charge in [-0.3, -0.25) is 9.69 Å². The van der Waals surface area contributed by atoms with Crippen molar-refractivity contribution in [3.63, 3.8) is 0 Å². The van der Waals surface area contributed by atoms with Crippen LogP contribution in [0.1, 0.15) is 18.4 Å². The van der Waals surface area contributed by atoms with Gasteiger partial charge in [0, 0.05) is 6.54 Å². The summed E-state index contributed by atoms with van der Waals surface area (Å²) in [7, 11) is 0.